The fourth-order valence-corrected chi connectivity index (χ4v) is 3.88. The largest absolute Gasteiger partial charge is 0.463 e. The zero-order valence-electron chi connectivity index (χ0n) is 20.6. The van der Waals surface area contributed by atoms with Gasteiger partial charge in [0.25, 0.3) is 0 Å². The minimum Gasteiger partial charge on any atom is -0.463 e. The fraction of sp³-hybridized carbons (Fsp3) is 0.500. The molecule has 3 rings (SSSR count). The molecular weight excluding hydrogens is 448 g/mol. The molecule has 1 saturated heterocycles. The van der Waals surface area contributed by atoms with E-state index in [1.54, 1.807) is 0 Å². The molecular formula is C28H36O7. The van der Waals surface area contributed by atoms with E-state index in [-0.39, 0.29) is 18.5 Å². The topological polar surface area (TPSA) is 80.3 Å². The highest BCUT2D eigenvalue weighted by molar-refractivity contribution is 5.69. The lowest BCUT2D eigenvalue weighted by molar-refractivity contribution is -0.270. The Balaban J connectivity index is 1.76. The highest BCUT2D eigenvalue weighted by atomic mass is 16.7. The van der Waals surface area contributed by atoms with Crippen molar-refractivity contribution in [1.29, 1.82) is 0 Å². The maximum Gasteiger partial charge on any atom is 0.308 e. The highest BCUT2D eigenvalue weighted by Crippen LogP contribution is 2.28. The number of rotatable bonds is 13. The molecule has 1 heterocycles. The Morgan fingerprint density at radius 3 is 2.00 bits per heavy atom. The molecule has 4 atom stereocenters. The lowest BCUT2D eigenvalue weighted by atomic mass is 10.0. The second-order valence-corrected chi connectivity index (χ2v) is 8.61. The molecule has 1 aliphatic rings. The van der Waals surface area contributed by atoms with Crippen molar-refractivity contribution in [1.82, 2.24) is 0 Å². The van der Waals surface area contributed by atoms with Crippen molar-refractivity contribution in [2.24, 2.45) is 0 Å². The molecule has 0 bridgehead atoms. The Morgan fingerprint density at radius 1 is 0.829 bits per heavy atom. The van der Waals surface area contributed by atoms with Crippen molar-refractivity contribution in [2.75, 3.05) is 6.61 Å². The van der Waals surface area contributed by atoms with Gasteiger partial charge in [0.1, 0.15) is 18.8 Å². The number of ether oxygens (including phenoxy) is 5. The van der Waals surface area contributed by atoms with Gasteiger partial charge in [-0.05, 0) is 24.0 Å². The molecule has 2 aromatic rings. The molecule has 35 heavy (non-hydrogen) atoms. The molecule has 0 aromatic heterocycles. The van der Waals surface area contributed by atoms with Crippen molar-refractivity contribution in [3.63, 3.8) is 0 Å². The summed E-state index contributed by atoms with van der Waals surface area (Å²) in [7, 11) is 0. The van der Waals surface area contributed by atoms with Gasteiger partial charge in [0.2, 0.25) is 6.29 Å². The summed E-state index contributed by atoms with van der Waals surface area (Å²) in [4.78, 5) is 24.3. The Labute approximate surface area is 207 Å². The molecule has 0 radical (unpaired) electrons. The van der Waals surface area contributed by atoms with Gasteiger partial charge in [-0.3, -0.25) is 9.59 Å². The number of carbonyl (C=O) groups is 2. The van der Waals surface area contributed by atoms with Gasteiger partial charge in [0, 0.05) is 19.3 Å². The van der Waals surface area contributed by atoms with Crippen molar-refractivity contribution < 1.29 is 33.3 Å². The summed E-state index contributed by atoms with van der Waals surface area (Å²) in [5, 5.41) is 0. The zero-order chi connectivity index (χ0) is 24.9. The summed E-state index contributed by atoms with van der Waals surface area (Å²) < 4.78 is 29.7. The maximum atomic E-state index is 12.2. The first kappa shape index (κ1) is 26.9. The van der Waals surface area contributed by atoms with Crippen LogP contribution in [0.2, 0.25) is 0 Å². The van der Waals surface area contributed by atoms with E-state index in [1.807, 2.05) is 74.5 Å². The van der Waals surface area contributed by atoms with Gasteiger partial charge in [0.15, 0.2) is 0 Å². The second-order valence-electron chi connectivity index (χ2n) is 8.61. The van der Waals surface area contributed by atoms with E-state index in [0.29, 0.717) is 45.3 Å². The van der Waals surface area contributed by atoms with Crippen molar-refractivity contribution in [3.8, 4) is 0 Å². The van der Waals surface area contributed by atoms with Gasteiger partial charge >= 0.3 is 11.9 Å². The second kappa shape index (κ2) is 14.6. The third-order valence-electron chi connectivity index (χ3n) is 5.66. The molecule has 2 aromatic carbocycles. The first-order chi connectivity index (χ1) is 17.1. The minimum atomic E-state index is -0.804. The van der Waals surface area contributed by atoms with Crippen LogP contribution in [0.15, 0.2) is 60.7 Å². The summed E-state index contributed by atoms with van der Waals surface area (Å²) in [6, 6.07) is 19.7. The van der Waals surface area contributed by atoms with Crippen LogP contribution in [0, 0.1) is 0 Å². The van der Waals surface area contributed by atoms with Gasteiger partial charge < -0.3 is 23.7 Å². The Hall–Kier alpha value is -2.74. The van der Waals surface area contributed by atoms with Crippen molar-refractivity contribution in [2.45, 2.75) is 83.8 Å². The predicted molar refractivity (Wildman–Crippen MR) is 130 cm³/mol. The number of hydrogen-bond acceptors (Lipinski definition) is 7. The van der Waals surface area contributed by atoms with Crippen LogP contribution in [-0.2, 0) is 46.5 Å². The van der Waals surface area contributed by atoms with E-state index in [4.69, 9.17) is 23.7 Å². The van der Waals surface area contributed by atoms with Gasteiger partial charge in [-0.15, -0.1) is 0 Å². The first-order valence-corrected chi connectivity index (χ1v) is 12.4. The molecule has 190 valence electrons. The number of carbonyl (C=O) groups excluding carboxylic acids is 2. The van der Waals surface area contributed by atoms with Crippen LogP contribution in [0.25, 0.3) is 0 Å². The molecule has 0 spiro atoms. The van der Waals surface area contributed by atoms with E-state index in [0.717, 1.165) is 11.1 Å². The van der Waals surface area contributed by atoms with Gasteiger partial charge in [-0.1, -0.05) is 74.5 Å². The van der Waals surface area contributed by atoms with Crippen molar-refractivity contribution >= 4 is 11.9 Å². The van der Waals surface area contributed by atoms with Gasteiger partial charge in [-0.2, -0.15) is 0 Å². The summed E-state index contributed by atoms with van der Waals surface area (Å²) in [5.74, 6) is -0.630. The van der Waals surface area contributed by atoms with Crippen LogP contribution in [-0.4, -0.2) is 43.1 Å². The van der Waals surface area contributed by atoms with Crippen LogP contribution in [0.1, 0.15) is 57.1 Å². The standard InChI is InChI=1S/C28H36O7/c1-3-11-25(29)32-20-24-28(33-19-22-15-9-6-10-16-22)23(31-18-21-13-7-5-8-14-21)17-27(34-24)35-26(30)12-4-2/h5-10,13-16,23-24,27-28H,3-4,11-12,17-20H2,1-2H3/t23-,24-,27?,28+/m1/s1. The Kier molecular flexibility index (Phi) is 11.2. The maximum absolute atomic E-state index is 12.2. The molecule has 0 N–H and O–H groups in total. The highest BCUT2D eigenvalue weighted by Gasteiger charge is 2.42. The SMILES string of the molecule is CCCC(=O)OC[C@H]1OC(OC(=O)CCC)C[C@@H](OCc2ccccc2)[C@@H]1OCc1ccccc1. The molecule has 1 aliphatic heterocycles. The van der Waals surface area contributed by atoms with Crippen LogP contribution < -0.4 is 0 Å². The summed E-state index contributed by atoms with van der Waals surface area (Å²) >= 11 is 0. The fourth-order valence-electron chi connectivity index (χ4n) is 3.88. The lowest BCUT2D eigenvalue weighted by Crippen LogP contribution is -2.53. The molecule has 0 aliphatic carbocycles. The monoisotopic (exact) mass is 484 g/mol. The number of benzene rings is 2. The van der Waals surface area contributed by atoms with Gasteiger partial charge in [-0.25, -0.2) is 0 Å². The van der Waals surface area contributed by atoms with Crippen LogP contribution in [0.4, 0.5) is 0 Å². The third kappa shape index (κ3) is 9.09. The van der Waals surface area contributed by atoms with Crippen molar-refractivity contribution in [3.05, 3.63) is 71.8 Å². The lowest BCUT2D eigenvalue weighted by Gasteiger charge is -2.40. The Morgan fingerprint density at radius 2 is 1.40 bits per heavy atom. The molecule has 0 saturated carbocycles. The summed E-state index contributed by atoms with van der Waals surface area (Å²) in [5.41, 5.74) is 2.03. The van der Waals surface area contributed by atoms with Crippen LogP contribution >= 0.6 is 0 Å². The average molecular weight is 485 g/mol. The quantitative estimate of drug-likeness (QED) is 0.372. The number of hydrogen-bond donors (Lipinski definition) is 0. The van der Waals surface area contributed by atoms with E-state index >= 15 is 0 Å². The average Bonchev–Trinajstić information content (AvgIpc) is 2.87. The Bertz CT molecular complexity index is 887. The summed E-state index contributed by atoms with van der Waals surface area (Å²) in [6.07, 6.45) is -0.0732. The zero-order valence-corrected chi connectivity index (χ0v) is 20.6. The molecule has 0 amide bonds. The smallest absolute Gasteiger partial charge is 0.308 e. The van der Waals surface area contributed by atoms with E-state index < -0.39 is 24.6 Å². The molecule has 7 nitrogen and oxygen atoms in total. The molecule has 1 unspecified atom stereocenters. The third-order valence-corrected chi connectivity index (χ3v) is 5.66. The van der Waals surface area contributed by atoms with Crippen LogP contribution in [0.3, 0.4) is 0 Å². The van der Waals surface area contributed by atoms with Crippen LogP contribution in [0.5, 0.6) is 0 Å². The molecule has 7 heteroatoms. The summed E-state index contributed by atoms with van der Waals surface area (Å²) in [6.45, 7) is 4.54. The normalized spacial score (nSPS) is 21.9. The first-order valence-electron chi connectivity index (χ1n) is 12.4. The van der Waals surface area contributed by atoms with E-state index in [9.17, 15) is 9.59 Å². The predicted octanol–water partition coefficient (Wildman–Crippen LogP) is 4.96. The van der Waals surface area contributed by atoms with E-state index in [2.05, 4.69) is 0 Å². The van der Waals surface area contributed by atoms with E-state index in [1.165, 1.54) is 0 Å². The minimum absolute atomic E-state index is 0.00862. The van der Waals surface area contributed by atoms with Gasteiger partial charge in [0.05, 0.1) is 19.3 Å². The molecule has 1 fully saturated rings. The number of esters is 2.